The van der Waals surface area contributed by atoms with Crippen LogP contribution in [-0.4, -0.2) is 81.3 Å². The number of phenols is 1. The van der Waals surface area contributed by atoms with Crippen molar-refractivity contribution < 1.29 is 34.5 Å². The van der Waals surface area contributed by atoms with Crippen LogP contribution in [0.15, 0.2) is 24.3 Å². The fourth-order valence-corrected chi connectivity index (χ4v) is 2.63. The standard InChI is InChI=1S/C17H22N4O7/c1-2-20-7-8-21(16(27)15(20)26)17(28)19-13(14(25)18-9-12(23)24)10-3-5-11(22)6-4-10/h3-6,12-13,22-24H,2,7-9H2,1H3,(H,18,25)(H,19,28)/t13-/m1/s1. The normalized spacial score (nSPS) is 15.6. The fourth-order valence-electron chi connectivity index (χ4n) is 2.63. The van der Waals surface area contributed by atoms with Gasteiger partial charge in [0.15, 0.2) is 6.29 Å². The van der Waals surface area contributed by atoms with Crippen molar-refractivity contribution in [3.63, 3.8) is 0 Å². The summed E-state index contributed by atoms with van der Waals surface area (Å²) < 4.78 is 0. The van der Waals surface area contributed by atoms with Crippen LogP contribution in [0.3, 0.4) is 0 Å². The van der Waals surface area contributed by atoms with Crippen LogP contribution >= 0.6 is 0 Å². The van der Waals surface area contributed by atoms with Crippen LogP contribution in [0.5, 0.6) is 5.75 Å². The Kier molecular flexibility index (Phi) is 6.90. The van der Waals surface area contributed by atoms with Crippen LogP contribution in [-0.2, 0) is 14.4 Å². The molecule has 0 aromatic heterocycles. The Morgan fingerprint density at radius 3 is 2.32 bits per heavy atom. The lowest BCUT2D eigenvalue weighted by Gasteiger charge is -2.32. The molecule has 1 aliphatic heterocycles. The van der Waals surface area contributed by atoms with Crippen LogP contribution < -0.4 is 10.6 Å². The van der Waals surface area contributed by atoms with Crippen molar-refractivity contribution in [1.82, 2.24) is 20.4 Å². The van der Waals surface area contributed by atoms with E-state index in [2.05, 4.69) is 10.6 Å². The molecule has 28 heavy (non-hydrogen) atoms. The largest absolute Gasteiger partial charge is 0.508 e. The average molecular weight is 394 g/mol. The third-order valence-corrected chi connectivity index (χ3v) is 4.15. The van der Waals surface area contributed by atoms with Crippen molar-refractivity contribution in [1.29, 1.82) is 0 Å². The average Bonchev–Trinajstić information content (AvgIpc) is 2.67. The van der Waals surface area contributed by atoms with Crippen LogP contribution in [0.1, 0.15) is 18.5 Å². The number of hydrogen-bond donors (Lipinski definition) is 5. The van der Waals surface area contributed by atoms with Crippen molar-refractivity contribution in [2.45, 2.75) is 19.3 Å². The highest BCUT2D eigenvalue weighted by Gasteiger charge is 2.37. The second-order valence-corrected chi connectivity index (χ2v) is 6.04. The highest BCUT2D eigenvalue weighted by atomic mass is 16.5. The second-order valence-electron chi connectivity index (χ2n) is 6.04. The number of aliphatic hydroxyl groups excluding tert-OH is 1. The third kappa shape index (κ3) is 4.96. The predicted molar refractivity (Wildman–Crippen MR) is 94.6 cm³/mol. The molecule has 1 aromatic carbocycles. The Labute approximate surface area is 160 Å². The molecule has 1 aromatic rings. The van der Waals surface area contributed by atoms with Crippen LogP contribution in [0.2, 0.25) is 0 Å². The van der Waals surface area contributed by atoms with E-state index in [4.69, 9.17) is 10.2 Å². The maximum atomic E-state index is 12.5. The molecule has 0 radical (unpaired) electrons. The highest BCUT2D eigenvalue weighted by Crippen LogP contribution is 2.18. The van der Waals surface area contributed by atoms with E-state index >= 15 is 0 Å². The minimum Gasteiger partial charge on any atom is -0.508 e. The van der Waals surface area contributed by atoms with E-state index in [-0.39, 0.29) is 24.4 Å². The molecular weight excluding hydrogens is 372 g/mol. The molecule has 1 heterocycles. The maximum absolute atomic E-state index is 12.5. The number of likely N-dealkylation sites (N-methyl/N-ethyl adjacent to an activating group) is 1. The van der Waals surface area contributed by atoms with E-state index in [9.17, 15) is 24.3 Å². The summed E-state index contributed by atoms with van der Waals surface area (Å²) in [5, 5.41) is 31.8. The number of phenolic OH excluding ortho intramolecular Hbond substituents is 1. The number of aromatic hydroxyl groups is 1. The Morgan fingerprint density at radius 1 is 1.11 bits per heavy atom. The molecule has 0 unspecified atom stereocenters. The van der Waals surface area contributed by atoms with E-state index < -0.39 is 42.6 Å². The van der Waals surface area contributed by atoms with Gasteiger partial charge in [0.25, 0.3) is 0 Å². The molecule has 1 aliphatic rings. The third-order valence-electron chi connectivity index (χ3n) is 4.15. The Hall–Kier alpha value is -3.18. The van der Waals surface area contributed by atoms with Gasteiger partial charge in [-0.3, -0.25) is 19.3 Å². The lowest BCUT2D eigenvalue weighted by atomic mass is 10.1. The van der Waals surface area contributed by atoms with E-state index in [0.29, 0.717) is 6.54 Å². The SMILES string of the molecule is CCN1CCN(C(=O)N[C@@H](C(=O)NCC(O)O)c2ccc(O)cc2)C(=O)C1=O. The van der Waals surface area contributed by atoms with E-state index in [1.54, 1.807) is 6.92 Å². The number of hydrogen-bond acceptors (Lipinski definition) is 7. The van der Waals surface area contributed by atoms with Gasteiger partial charge in [0.05, 0.1) is 6.54 Å². The molecule has 0 bridgehead atoms. The minimum absolute atomic E-state index is 0.0243. The molecule has 1 saturated heterocycles. The number of nitrogens with one attached hydrogen (secondary N) is 2. The Morgan fingerprint density at radius 2 is 1.75 bits per heavy atom. The van der Waals surface area contributed by atoms with Crippen LogP contribution in [0.4, 0.5) is 4.79 Å². The van der Waals surface area contributed by atoms with Gasteiger partial charge in [0.1, 0.15) is 11.8 Å². The summed E-state index contributed by atoms with van der Waals surface area (Å²) in [5.74, 6) is -2.63. The van der Waals surface area contributed by atoms with Crippen molar-refractivity contribution in [2.24, 2.45) is 0 Å². The zero-order chi connectivity index (χ0) is 20.8. The number of carbonyl (C=O) groups excluding carboxylic acids is 4. The van der Waals surface area contributed by atoms with Crippen LogP contribution in [0, 0.1) is 0 Å². The van der Waals surface area contributed by atoms with Gasteiger partial charge < -0.3 is 30.9 Å². The molecule has 11 heteroatoms. The van der Waals surface area contributed by atoms with Crippen LogP contribution in [0.25, 0.3) is 0 Å². The molecule has 0 saturated carbocycles. The number of rotatable bonds is 6. The Bertz CT molecular complexity index is 750. The summed E-state index contributed by atoms with van der Waals surface area (Å²) in [5.41, 5.74) is 0.280. The van der Waals surface area contributed by atoms with Gasteiger partial charge in [-0.1, -0.05) is 12.1 Å². The molecule has 1 fully saturated rings. The second kappa shape index (κ2) is 9.15. The molecule has 0 aliphatic carbocycles. The Balaban J connectivity index is 2.18. The smallest absolute Gasteiger partial charge is 0.325 e. The zero-order valence-corrected chi connectivity index (χ0v) is 15.2. The molecule has 5 amide bonds. The van der Waals surface area contributed by atoms with Gasteiger partial charge in [-0.2, -0.15) is 0 Å². The van der Waals surface area contributed by atoms with E-state index in [1.165, 1.54) is 29.2 Å². The lowest BCUT2D eigenvalue weighted by molar-refractivity contribution is -0.153. The highest BCUT2D eigenvalue weighted by molar-refractivity contribution is 6.38. The summed E-state index contributed by atoms with van der Waals surface area (Å²) in [6, 6.07) is 3.15. The van der Waals surface area contributed by atoms with Gasteiger partial charge in [-0.25, -0.2) is 4.79 Å². The summed E-state index contributed by atoms with van der Waals surface area (Å²) in [6.07, 6.45) is -1.79. The van der Waals surface area contributed by atoms with Gasteiger partial charge in [0.2, 0.25) is 5.91 Å². The number of nitrogens with zero attached hydrogens (tertiary/aromatic N) is 2. The first kappa shape index (κ1) is 21.1. The van der Waals surface area contributed by atoms with Crippen molar-refractivity contribution in [3.8, 4) is 5.75 Å². The van der Waals surface area contributed by atoms with Crippen molar-refractivity contribution in [2.75, 3.05) is 26.2 Å². The number of piperazine rings is 1. The first-order valence-electron chi connectivity index (χ1n) is 8.58. The topological polar surface area (TPSA) is 160 Å². The van der Waals surface area contributed by atoms with E-state index in [0.717, 1.165) is 4.90 Å². The predicted octanol–water partition coefficient (Wildman–Crippen LogP) is -1.74. The summed E-state index contributed by atoms with van der Waals surface area (Å²) in [6.45, 7) is 1.73. The van der Waals surface area contributed by atoms with Gasteiger partial charge >= 0.3 is 17.8 Å². The fraction of sp³-hybridized carbons (Fsp3) is 0.412. The lowest BCUT2D eigenvalue weighted by Crippen LogP contribution is -2.59. The molecular formula is C17H22N4O7. The molecule has 152 valence electrons. The van der Waals surface area contributed by atoms with E-state index in [1.807, 2.05) is 0 Å². The minimum atomic E-state index is -1.79. The van der Waals surface area contributed by atoms with Gasteiger partial charge in [-0.05, 0) is 24.6 Å². The zero-order valence-electron chi connectivity index (χ0n) is 15.2. The quantitative estimate of drug-likeness (QED) is 0.283. The molecule has 2 rings (SSSR count). The maximum Gasteiger partial charge on any atom is 0.325 e. The number of aliphatic hydroxyl groups is 2. The van der Waals surface area contributed by atoms with Crippen molar-refractivity contribution in [3.05, 3.63) is 29.8 Å². The number of amides is 5. The number of carbonyl (C=O) groups is 4. The number of benzene rings is 1. The summed E-state index contributed by atoms with van der Waals surface area (Å²) in [4.78, 5) is 51.1. The summed E-state index contributed by atoms with van der Waals surface area (Å²) >= 11 is 0. The van der Waals surface area contributed by atoms with Gasteiger partial charge in [-0.15, -0.1) is 0 Å². The number of urea groups is 1. The van der Waals surface area contributed by atoms with Gasteiger partial charge in [0, 0.05) is 19.6 Å². The number of imide groups is 1. The monoisotopic (exact) mass is 394 g/mol. The summed E-state index contributed by atoms with van der Waals surface area (Å²) in [7, 11) is 0. The molecule has 5 N–H and O–H groups in total. The molecule has 11 nitrogen and oxygen atoms in total. The molecule has 1 atom stereocenters. The molecule has 0 spiro atoms. The first-order valence-corrected chi connectivity index (χ1v) is 8.58. The van der Waals surface area contributed by atoms with Crippen molar-refractivity contribution >= 4 is 23.8 Å². The first-order chi connectivity index (χ1) is 13.2.